The van der Waals surface area contributed by atoms with Crippen molar-refractivity contribution in [2.24, 2.45) is 17.8 Å². The summed E-state index contributed by atoms with van der Waals surface area (Å²) in [7, 11) is 1.58. The van der Waals surface area contributed by atoms with Crippen molar-refractivity contribution in [1.29, 1.82) is 0 Å². The zero-order valence-electron chi connectivity index (χ0n) is 28.1. The van der Waals surface area contributed by atoms with Crippen molar-refractivity contribution in [2.45, 2.75) is 108 Å². The number of carbonyl (C=O) groups excluding carboxylic acids is 3. The number of nitrogens with zero attached hydrogens (tertiary/aromatic N) is 1. The fourth-order valence-corrected chi connectivity index (χ4v) is 7.40. The Morgan fingerprint density at radius 3 is 2.30 bits per heavy atom. The van der Waals surface area contributed by atoms with Gasteiger partial charge in [-0.15, -0.1) is 0 Å². The standard InChI is InChI=1S/C35H56N4O7/c1-23(36-31(40)22-39-15-17-46-18-16-39)33(42)38-30(20-24-10-13-28(45-4)14-11-24)34(43)37-29(32(41)35(2,3)44)21-25-9-12-26-7-5-6-8-27(26)19-25/h10-11,13-14,23,25-27,29-30,32,41,44H,5-9,12,15-22H2,1-4H3,(H,36,40)(H,37,43)(H,38,42)/t23-,25?,26-,27-,29-,30-,32+/m0/s1. The van der Waals surface area contributed by atoms with Gasteiger partial charge in [0.2, 0.25) is 17.7 Å². The van der Waals surface area contributed by atoms with E-state index in [0.29, 0.717) is 50.3 Å². The van der Waals surface area contributed by atoms with Crippen LogP contribution in [-0.2, 0) is 25.5 Å². The quantitative estimate of drug-likeness (QED) is 0.207. The molecule has 1 aromatic carbocycles. The third-order valence-corrected chi connectivity index (χ3v) is 10.1. The van der Waals surface area contributed by atoms with Gasteiger partial charge in [0, 0.05) is 19.5 Å². The first-order chi connectivity index (χ1) is 21.9. The van der Waals surface area contributed by atoms with Gasteiger partial charge in [-0.1, -0.05) is 44.2 Å². The second kappa shape index (κ2) is 16.9. The van der Waals surface area contributed by atoms with Crippen LogP contribution in [-0.4, -0.2) is 103 Å². The van der Waals surface area contributed by atoms with Crippen LogP contribution in [0.3, 0.4) is 0 Å². The van der Waals surface area contributed by atoms with E-state index in [-0.39, 0.29) is 18.9 Å². The molecule has 1 unspecified atom stereocenters. The Morgan fingerprint density at radius 2 is 1.65 bits per heavy atom. The van der Waals surface area contributed by atoms with Crippen LogP contribution in [0, 0.1) is 17.8 Å². The topological polar surface area (TPSA) is 149 Å². The minimum Gasteiger partial charge on any atom is -0.497 e. The molecule has 0 spiro atoms. The lowest BCUT2D eigenvalue weighted by atomic mass is 9.66. The molecule has 3 amide bonds. The van der Waals surface area contributed by atoms with Gasteiger partial charge in [0.15, 0.2) is 0 Å². The number of ether oxygens (including phenoxy) is 2. The molecule has 2 aliphatic carbocycles. The van der Waals surface area contributed by atoms with Gasteiger partial charge in [0.25, 0.3) is 0 Å². The van der Waals surface area contributed by atoms with E-state index in [1.54, 1.807) is 40.0 Å². The Kier molecular flexibility index (Phi) is 13.3. The summed E-state index contributed by atoms with van der Waals surface area (Å²) in [6.45, 7) is 7.29. The monoisotopic (exact) mass is 644 g/mol. The van der Waals surface area contributed by atoms with Crippen LogP contribution in [0.25, 0.3) is 0 Å². The SMILES string of the molecule is COc1ccc(C[C@H](NC(=O)[C@H](C)NC(=O)CN2CCOCC2)C(=O)N[C@@H](CC2CC[C@@H]3CCCC[C@H]3C2)[C@@H](O)C(C)(C)O)cc1. The number of rotatable bonds is 14. The molecule has 258 valence electrons. The Morgan fingerprint density at radius 1 is 0.978 bits per heavy atom. The zero-order chi connectivity index (χ0) is 33.3. The maximum Gasteiger partial charge on any atom is 0.243 e. The van der Waals surface area contributed by atoms with Crippen molar-refractivity contribution >= 4 is 17.7 Å². The van der Waals surface area contributed by atoms with E-state index in [1.165, 1.54) is 32.1 Å². The number of hydrogen-bond acceptors (Lipinski definition) is 8. The smallest absolute Gasteiger partial charge is 0.243 e. The average molecular weight is 645 g/mol. The molecule has 0 aromatic heterocycles. The van der Waals surface area contributed by atoms with E-state index in [4.69, 9.17) is 9.47 Å². The number of nitrogens with one attached hydrogen (secondary N) is 3. The Bertz CT molecular complexity index is 1130. The van der Waals surface area contributed by atoms with Gasteiger partial charge in [0.1, 0.15) is 23.9 Å². The first-order valence-corrected chi connectivity index (χ1v) is 17.2. The van der Waals surface area contributed by atoms with Gasteiger partial charge in [-0.3, -0.25) is 19.3 Å². The number of fused-ring (bicyclic) bond motifs is 1. The van der Waals surface area contributed by atoms with Crippen LogP contribution in [0.1, 0.15) is 77.7 Å². The Labute approximate surface area is 274 Å². The first kappa shape index (κ1) is 36.1. The molecule has 3 fully saturated rings. The number of amides is 3. The lowest BCUT2D eigenvalue weighted by molar-refractivity contribution is -0.133. The fourth-order valence-electron chi connectivity index (χ4n) is 7.40. The highest BCUT2D eigenvalue weighted by atomic mass is 16.5. The van der Waals surface area contributed by atoms with Crippen molar-refractivity contribution in [2.75, 3.05) is 40.0 Å². The van der Waals surface area contributed by atoms with Crippen LogP contribution in [0.2, 0.25) is 0 Å². The van der Waals surface area contributed by atoms with Gasteiger partial charge in [-0.2, -0.15) is 0 Å². The lowest BCUT2D eigenvalue weighted by Crippen LogP contribution is -2.59. The number of aliphatic hydroxyl groups excluding tert-OH is 1. The average Bonchev–Trinajstić information content (AvgIpc) is 3.03. The summed E-state index contributed by atoms with van der Waals surface area (Å²) in [5, 5.41) is 30.7. The highest BCUT2D eigenvalue weighted by Gasteiger charge is 2.39. The normalized spacial score (nSPS) is 24.9. The summed E-state index contributed by atoms with van der Waals surface area (Å²) < 4.78 is 10.6. The molecule has 1 aromatic rings. The molecular formula is C35H56N4O7. The van der Waals surface area contributed by atoms with Gasteiger partial charge in [-0.25, -0.2) is 0 Å². The largest absolute Gasteiger partial charge is 0.497 e. The van der Waals surface area contributed by atoms with Gasteiger partial charge >= 0.3 is 0 Å². The van der Waals surface area contributed by atoms with Crippen molar-refractivity contribution in [1.82, 2.24) is 20.9 Å². The molecule has 1 heterocycles. The van der Waals surface area contributed by atoms with Gasteiger partial charge in [0.05, 0.1) is 38.5 Å². The van der Waals surface area contributed by atoms with Crippen molar-refractivity contribution < 1.29 is 34.1 Å². The summed E-state index contributed by atoms with van der Waals surface area (Å²) in [6.07, 6.45) is 7.93. The van der Waals surface area contributed by atoms with E-state index in [0.717, 1.165) is 24.3 Å². The predicted molar refractivity (Wildman–Crippen MR) is 175 cm³/mol. The molecule has 4 rings (SSSR count). The van der Waals surface area contributed by atoms with Crippen LogP contribution in [0.15, 0.2) is 24.3 Å². The highest BCUT2D eigenvalue weighted by Crippen LogP contribution is 2.44. The molecule has 1 saturated heterocycles. The molecule has 0 bridgehead atoms. The molecule has 0 radical (unpaired) electrons. The lowest BCUT2D eigenvalue weighted by Gasteiger charge is -2.42. The molecule has 1 aliphatic heterocycles. The minimum absolute atomic E-state index is 0.163. The molecule has 11 heteroatoms. The van der Waals surface area contributed by atoms with Crippen LogP contribution in [0.4, 0.5) is 0 Å². The Balaban J connectivity index is 1.45. The summed E-state index contributed by atoms with van der Waals surface area (Å²) in [5.41, 5.74) is -0.631. The van der Waals surface area contributed by atoms with E-state index in [2.05, 4.69) is 16.0 Å². The van der Waals surface area contributed by atoms with E-state index < -0.39 is 41.6 Å². The second-order valence-corrected chi connectivity index (χ2v) is 14.2. The number of methoxy groups -OCH3 is 1. The molecular weight excluding hydrogens is 588 g/mol. The number of hydrogen-bond donors (Lipinski definition) is 5. The molecule has 11 nitrogen and oxygen atoms in total. The second-order valence-electron chi connectivity index (χ2n) is 14.2. The molecule has 5 N–H and O–H groups in total. The van der Waals surface area contributed by atoms with Crippen LogP contribution < -0.4 is 20.7 Å². The molecule has 7 atom stereocenters. The molecule has 2 saturated carbocycles. The third-order valence-electron chi connectivity index (χ3n) is 10.1. The Hall–Kier alpha value is -2.73. The fraction of sp³-hybridized carbons (Fsp3) is 0.743. The number of benzene rings is 1. The van der Waals surface area contributed by atoms with Gasteiger partial charge < -0.3 is 35.6 Å². The van der Waals surface area contributed by atoms with Gasteiger partial charge in [-0.05, 0) is 75.5 Å². The predicted octanol–water partition coefficient (Wildman–Crippen LogP) is 2.17. The van der Waals surface area contributed by atoms with Crippen molar-refractivity contribution in [3.8, 4) is 5.75 Å². The zero-order valence-corrected chi connectivity index (χ0v) is 28.1. The minimum atomic E-state index is -1.44. The number of carbonyl (C=O) groups is 3. The highest BCUT2D eigenvalue weighted by molar-refractivity contribution is 5.92. The maximum absolute atomic E-state index is 14.0. The first-order valence-electron chi connectivity index (χ1n) is 17.2. The van der Waals surface area contributed by atoms with E-state index >= 15 is 0 Å². The van der Waals surface area contributed by atoms with Crippen LogP contribution in [0.5, 0.6) is 5.75 Å². The summed E-state index contributed by atoms with van der Waals surface area (Å²) >= 11 is 0. The summed E-state index contributed by atoms with van der Waals surface area (Å²) in [6, 6.07) is 4.72. The van der Waals surface area contributed by atoms with E-state index in [9.17, 15) is 24.6 Å². The summed E-state index contributed by atoms with van der Waals surface area (Å²) in [4.78, 5) is 42.0. The molecule has 3 aliphatic rings. The van der Waals surface area contributed by atoms with Crippen LogP contribution >= 0.6 is 0 Å². The van der Waals surface area contributed by atoms with Crippen molar-refractivity contribution in [3.05, 3.63) is 29.8 Å². The third kappa shape index (κ3) is 10.7. The van der Waals surface area contributed by atoms with Crippen molar-refractivity contribution in [3.63, 3.8) is 0 Å². The number of aliphatic hydroxyl groups is 2. The summed E-state index contributed by atoms with van der Waals surface area (Å²) in [5.74, 6) is 1.25. The maximum atomic E-state index is 14.0. The van der Waals surface area contributed by atoms with E-state index in [1.807, 2.05) is 17.0 Å². The molecule has 46 heavy (non-hydrogen) atoms. The number of morpholine rings is 1.